The molecule has 0 aliphatic heterocycles. The molecule has 0 N–H and O–H groups in total. The van der Waals surface area contributed by atoms with Gasteiger partial charge in [0, 0.05) is 6.42 Å². The van der Waals surface area contributed by atoms with Gasteiger partial charge in [-0.3, -0.25) is 4.79 Å². The molecule has 0 saturated carbocycles. The SMILES string of the molecule is Cc1cccc(CC(=O)c2ccc(C)o2)c1. The Balaban J connectivity index is 2.13. The van der Waals surface area contributed by atoms with Gasteiger partial charge in [-0.2, -0.15) is 0 Å². The molecule has 0 atom stereocenters. The summed E-state index contributed by atoms with van der Waals surface area (Å²) in [5.41, 5.74) is 2.19. The second-order valence-electron chi connectivity index (χ2n) is 4.00. The van der Waals surface area contributed by atoms with Crippen LogP contribution in [0.15, 0.2) is 40.8 Å². The van der Waals surface area contributed by atoms with Crippen molar-refractivity contribution in [1.82, 2.24) is 0 Å². The smallest absolute Gasteiger partial charge is 0.202 e. The summed E-state index contributed by atoms with van der Waals surface area (Å²) >= 11 is 0. The van der Waals surface area contributed by atoms with Gasteiger partial charge < -0.3 is 4.42 Å². The Morgan fingerprint density at radius 3 is 2.62 bits per heavy atom. The summed E-state index contributed by atoms with van der Waals surface area (Å²) < 4.78 is 5.30. The van der Waals surface area contributed by atoms with E-state index in [4.69, 9.17) is 4.42 Å². The summed E-state index contributed by atoms with van der Waals surface area (Å²) in [5.74, 6) is 1.24. The fraction of sp³-hybridized carbons (Fsp3) is 0.214. The third-order valence-electron chi connectivity index (χ3n) is 2.46. The number of Topliss-reactive ketones (excluding diaryl/α,β-unsaturated/α-hetero) is 1. The van der Waals surface area contributed by atoms with E-state index in [1.807, 2.05) is 44.2 Å². The minimum absolute atomic E-state index is 0.0266. The number of aryl methyl sites for hydroxylation is 2. The average molecular weight is 214 g/mol. The molecule has 0 radical (unpaired) electrons. The highest BCUT2D eigenvalue weighted by atomic mass is 16.3. The van der Waals surface area contributed by atoms with Gasteiger partial charge in [0.05, 0.1) is 0 Å². The van der Waals surface area contributed by atoms with E-state index in [2.05, 4.69) is 0 Å². The van der Waals surface area contributed by atoms with E-state index in [0.717, 1.165) is 11.3 Å². The van der Waals surface area contributed by atoms with Crippen LogP contribution in [0.1, 0.15) is 27.4 Å². The van der Waals surface area contributed by atoms with Gasteiger partial charge in [0.1, 0.15) is 5.76 Å². The van der Waals surface area contributed by atoms with Crippen molar-refractivity contribution < 1.29 is 9.21 Å². The van der Waals surface area contributed by atoms with Gasteiger partial charge in [-0.25, -0.2) is 0 Å². The van der Waals surface area contributed by atoms with Crippen LogP contribution in [0, 0.1) is 13.8 Å². The molecule has 1 aromatic carbocycles. The highest BCUT2D eigenvalue weighted by molar-refractivity contribution is 5.95. The molecule has 82 valence electrons. The maximum absolute atomic E-state index is 11.8. The van der Waals surface area contributed by atoms with Gasteiger partial charge in [0.2, 0.25) is 5.78 Å². The Hall–Kier alpha value is -1.83. The molecule has 0 bridgehead atoms. The first-order valence-corrected chi connectivity index (χ1v) is 5.30. The summed E-state index contributed by atoms with van der Waals surface area (Å²) in [5, 5.41) is 0. The predicted octanol–water partition coefficient (Wildman–Crippen LogP) is 3.32. The van der Waals surface area contributed by atoms with Gasteiger partial charge in [0.25, 0.3) is 0 Å². The molecule has 0 spiro atoms. The van der Waals surface area contributed by atoms with Crippen LogP contribution in [0.5, 0.6) is 0 Å². The molecule has 2 heteroatoms. The normalized spacial score (nSPS) is 10.4. The van der Waals surface area contributed by atoms with E-state index in [9.17, 15) is 4.79 Å². The van der Waals surface area contributed by atoms with E-state index in [1.54, 1.807) is 6.07 Å². The summed E-state index contributed by atoms with van der Waals surface area (Å²) in [6, 6.07) is 11.5. The molecule has 2 nitrogen and oxygen atoms in total. The van der Waals surface area contributed by atoms with Crippen molar-refractivity contribution in [3.63, 3.8) is 0 Å². The van der Waals surface area contributed by atoms with E-state index in [1.165, 1.54) is 5.56 Å². The van der Waals surface area contributed by atoms with Crippen LogP contribution in [0.2, 0.25) is 0 Å². The van der Waals surface area contributed by atoms with Gasteiger partial charge in [-0.1, -0.05) is 29.8 Å². The second kappa shape index (κ2) is 4.35. The molecule has 0 aliphatic rings. The summed E-state index contributed by atoms with van der Waals surface area (Å²) in [4.78, 5) is 11.8. The van der Waals surface area contributed by atoms with Crippen LogP contribution in [-0.2, 0) is 6.42 Å². The molecule has 16 heavy (non-hydrogen) atoms. The monoisotopic (exact) mass is 214 g/mol. The number of hydrogen-bond donors (Lipinski definition) is 0. The highest BCUT2D eigenvalue weighted by Crippen LogP contribution is 2.12. The molecule has 0 unspecified atom stereocenters. The Labute approximate surface area is 94.9 Å². The number of carbonyl (C=O) groups excluding carboxylic acids is 1. The van der Waals surface area contributed by atoms with Gasteiger partial charge in [-0.15, -0.1) is 0 Å². The van der Waals surface area contributed by atoms with Crippen LogP contribution in [-0.4, -0.2) is 5.78 Å². The number of ketones is 1. The standard InChI is InChI=1S/C14H14O2/c1-10-4-3-5-12(8-10)9-13(15)14-7-6-11(2)16-14/h3-8H,9H2,1-2H3. The van der Waals surface area contributed by atoms with Crippen molar-refractivity contribution in [2.45, 2.75) is 20.3 Å². The zero-order valence-corrected chi connectivity index (χ0v) is 9.49. The van der Waals surface area contributed by atoms with Gasteiger partial charge in [0.15, 0.2) is 5.76 Å². The fourth-order valence-corrected chi connectivity index (χ4v) is 1.68. The quantitative estimate of drug-likeness (QED) is 0.734. The molecular formula is C14H14O2. The molecule has 0 aliphatic carbocycles. The Morgan fingerprint density at radius 1 is 1.19 bits per heavy atom. The first-order valence-electron chi connectivity index (χ1n) is 5.30. The van der Waals surface area contributed by atoms with Crippen molar-refractivity contribution in [1.29, 1.82) is 0 Å². The highest BCUT2D eigenvalue weighted by Gasteiger charge is 2.10. The average Bonchev–Trinajstić information content (AvgIpc) is 2.65. The predicted molar refractivity (Wildman–Crippen MR) is 62.7 cm³/mol. The summed E-state index contributed by atoms with van der Waals surface area (Å²) in [6.07, 6.45) is 0.397. The van der Waals surface area contributed by atoms with Gasteiger partial charge in [-0.05, 0) is 31.5 Å². The second-order valence-corrected chi connectivity index (χ2v) is 4.00. The van der Waals surface area contributed by atoms with Crippen LogP contribution in [0.3, 0.4) is 0 Å². The number of furan rings is 1. The topological polar surface area (TPSA) is 30.2 Å². The third-order valence-corrected chi connectivity index (χ3v) is 2.46. The summed E-state index contributed by atoms with van der Waals surface area (Å²) in [7, 11) is 0. The number of benzene rings is 1. The maximum Gasteiger partial charge on any atom is 0.202 e. The fourth-order valence-electron chi connectivity index (χ4n) is 1.68. The lowest BCUT2D eigenvalue weighted by Gasteiger charge is -2.00. The summed E-state index contributed by atoms with van der Waals surface area (Å²) in [6.45, 7) is 3.86. The minimum Gasteiger partial charge on any atom is -0.458 e. The lowest BCUT2D eigenvalue weighted by molar-refractivity contribution is 0.0965. The first-order chi connectivity index (χ1) is 7.65. The van der Waals surface area contributed by atoms with Crippen LogP contribution in [0.4, 0.5) is 0 Å². The first kappa shape index (κ1) is 10.7. The van der Waals surface area contributed by atoms with Crippen molar-refractivity contribution in [2.75, 3.05) is 0 Å². The van der Waals surface area contributed by atoms with Crippen molar-refractivity contribution >= 4 is 5.78 Å². The van der Waals surface area contributed by atoms with Crippen LogP contribution in [0.25, 0.3) is 0 Å². The largest absolute Gasteiger partial charge is 0.458 e. The van der Waals surface area contributed by atoms with Crippen LogP contribution >= 0.6 is 0 Å². The zero-order valence-electron chi connectivity index (χ0n) is 9.49. The zero-order chi connectivity index (χ0) is 11.5. The lowest BCUT2D eigenvalue weighted by atomic mass is 10.1. The number of carbonyl (C=O) groups is 1. The Morgan fingerprint density at radius 2 is 2.00 bits per heavy atom. The van der Waals surface area contributed by atoms with E-state index < -0.39 is 0 Å². The molecular weight excluding hydrogens is 200 g/mol. The molecule has 0 saturated heterocycles. The molecule has 0 fully saturated rings. The molecule has 1 heterocycles. The van der Waals surface area contributed by atoms with E-state index in [0.29, 0.717) is 12.2 Å². The van der Waals surface area contributed by atoms with Crippen molar-refractivity contribution in [3.8, 4) is 0 Å². The molecule has 1 aromatic heterocycles. The number of rotatable bonds is 3. The lowest BCUT2D eigenvalue weighted by Crippen LogP contribution is -2.02. The maximum atomic E-state index is 11.8. The molecule has 0 amide bonds. The van der Waals surface area contributed by atoms with Crippen molar-refractivity contribution in [2.24, 2.45) is 0 Å². The molecule has 2 aromatic rings. The minimum atomic E-state index is 0.0266. The van der Waals surface area contributed by atoms with E-state index in [-0.39, 0.29) is 5.78 Å². The van der Waals surface area contributed by atoms with Gasteiger partial charge >= 0.3 is 0 Å². The van der Waals surface area contributed by atoms with E-state index >= 15 is 0 Å². The number of hydrogen-bond acceptors (Lipinski definition) is 2. The third kappa shape index (κ3) is 2.40. The van der Waals surface area contributed by atoms with Crippen molar-refractivity contribution in [3.05, 3.63) is 59.0 Å². The Bertz CT molecular complexity index is 509. The Kier molecular flexibility index (Phi) is 2.91. The molecule has 2 rings (SSSR count). The van der Waals surface area contributed by atoms with Crippen LogP contribution < -0.4 is 0 Å².